The van der Waals surface area contributed by atoms with Crippen LogP contribution in [0, 0.1) is 0 Å². The molecule has 0 spiro atoms. The average molecular weight is 863 g/mol. The summed E-state index contributed by atoms with van der Waals surface area (Å²) in [5, 5.41) is 19.2. The first-order chi connectivity index (χ1) is 28.8. The Labute approximate surface area is 352 Å². The molecule has 22 heteroatoms. The second-order valence-corrected chi connectivity index (χ2v) is 16.7. The average Bonchev–Trinajstić information content (AvgIpc) is 4.09. The van der Waals surface area contributed by atoms with Crippen LogP contribution < -0.4 is 27.0 Å². The predicted octanol–water partition coefficient (Wildman–Crippen LogP) is -3.43. The molecule has 0 saturated carbocycles. The zero-order valence-electron chi connectivity index (χ0n) is 34.1. The minimum absolute atomic E-state index is 0.216. The van der Waals surface area contributed by atoms with E-state index in [2.05, 4.69) is 21.3 Å². The van der Waals surface area contributed by atoms with Crippen LogP contribution >= 0.6 is 11.8 Å². The summed E-state index contributed by atoms with van der Waals surface area (Å²) in [4.78, 5) is 137. The fourth-order valence-corrected chi connectivity index (χ4v) is 9.41. The van der Waals surface area contributed by atoms with Gasteiger partial charge in [-0.2, -0.15) is 11.8 Å². The maximum Gasteiger partial charge on any atom is 0.322 e. The van der Waals surface area contributed by atoms with Gasteiger partial charge in [0.1, 0.15) is 42.8 Å². The number of carbonyl (C=O) groups is 10. The van der Waals surface area contributed by atoms with E-state index in [-0.39, 0.29) is 37.9 Å². The van der Waals surface area contributed by atoms with E-state index in [9.17, 15) is 47.9 Å². The summed E-state index contributed by atoms with van der Waals surface area (Å²) in [6.45, 7) is -0.104. The van der Waals surface area contributed by atoms with Gasteiger partial charge in [-0.05, 0) is 82.6 Å². The zero-order valence-corrected chi connectivity index (χ0v) is 34.9. The van der Waals surface area contributed by atoms with Crippen molar-refractivity contribution in [1.82, 2.24) is 45.8 Å². The van der Waals surface area contributed by atoms with Crippen molar-refractivity contribution < 1.29 is 53.1 Å². The van der Waals surface area contributed by atoms with Crippen molar-refractivity contribution in [3.63, 3.8) is 0 Å². The summed E-state index contributed by atoms with van der Waals surface area (Å²) >= 11 is 1.46. The molecule has 5 aliphatic heterocycles. The Hall–Kier alpha value is -4.99. The number of amides is 9. The standard InChI is InChI=1S/C38H58N10O11S/c1-60-18-12-23(43-29(49)20-40-33(54)25-8-3-16-47(25)37(58)27-10-5-13-44(27)30(50)19-39)36(57)46-15-2-7-24(46)34(55)41-21-31(51)45-14-6-11-28(45)38(59)48-17-4-9-26(48)35(56)42-22-32(52)53/h23-28H,2-22,39H2,1H3,(H,40,54)(H,41,55)(H,42,56)(H,43,49)(H,52,53)/t23-,24-,25-,26-,27-,28-/m0/s1. The Balaban J connectivity index is 1.12. The van der Waals surface area contributed by atoms with Gasteiger partial charge in [0, 0.05) is 32.7 Å². The van der Waals surface area contributed by atoms with E-state index in [1.165, 1.54) is 36.3 Å². The van der Waals surface area contributed by atoms with Gasteiger partial charge in [0.2, 0.25) is 53.2 Å². The summed E-state index contributed by atoms with van der Waals surface area (Å²) < 4.78 is 0. The fraction of sp³-hybridized carbons (Fsp3) is 0.737. The zero-order chi connectivity index (χ0) is 43.5. The van der Waals surface area contributed by atoms with Crippen LogP contribution in [0.2, 0.25) is 0 Å². The third kappa shape index (κ3) is 11.0. The maximum absolute atomic E-state index is 13.9. The molecule has 60 heavy (non-hydrogen) atoms. The molecule has 5 heterocycles. The summed E-state index contributed by atoms with van der Waals surface area (Å²) in [6.07, 6.45) is 6.85. The van der Waals surface area contributed by atoms with E-state index in [0.717, 1.165) is 0 Å². The van der Waals surface area contributed by atoms with Crippen LogP contribution in [-0.4, -0.2) is 196 Å². The molecule has 5 rings (SSSR count). The number of hydrogen-bond donors (Lipinski definition) is 6. The molecule has 0 aromatic heterocycles. The monoisotopic (exact) mass is 862 g/mol. The largest absolute Gasteiger partial charge is 0.480 e. The molecule has 21 nitrogen and oxygen atoms in total. The first-order valence-electron chi connectivity index (χ1n) is 20.8. The van der Waals surface area contributed by atoms with Gasteiger partial charge in [-0.1, -0.05) is 0 Å². The lowest BCUT2D eigenvalue weighted by Crippen LogP contribution is -2.57. The highest BCUT2D eigenvalue weighted by Gasteiger charge is 2.44. The summed E-state index contributed by atoms with van der Waals surface area (Å²) in [5.74, 6) is -5.02. The number of aliphatic carboxylic acids is 1. The third-order valence-electron chi connectivity index (χ3n) is 11.9. The molecule has 5 saturated heterocycles. The third-order valence-corrected chi connectivity index (χ3v) is 12.5. The Kier molecular flexibility index (Phi) is 16.5. The molecule has 0 radical (unpaired) electrons. The highest BCUT2D eigenvalue weighted by molar-refractivity contribution is 7.98. The van der Waals surface area contributed by atoms with Gasteiger partial charge in [0.25, 0.3) is 0 Å². The van der Waals surface area contributed by atoms with Gasteiger partial charge in [-0.25, -0.2) is 0 Å². The first-order valence-corrected chi connectivity index (χ1v) is 22.2. The van der Waals surface area contributed by atoms with Crippen LogP contribution in [0.3, 0.4) is 0 Å². The second-order valence-electron chi connectivity index (χ2n) is 15.7. The normalized spacial score (nSPS) is 24.3. The fourth-order valence-electron chi connectivity index (χ4n) is 8.94. The molecule has 6 atom stereocenters. The number of thioether (sulfide) groups is 1. The maximum atomic E-state index is 13.9. The van der Waals surface area contributed by atoms with Crippen molar-refractivity contribution in [3.8, 4) is 0 Å². The van der Waals surface area contributed by atoms with Crippen LogP contribution in [0.15, 0.2) is 0 Å². The van der Waals surface area contributed by atoms with Crippen molar-refractivity contribution >= 4 is 70.9 Å². The van der Waals surface area contributed by atoms with E-state index in [1.807, 2.05) is 6.26 Å². The Morgan fingerprint density at radius 1 is 0.583 bits per heavy atom. The number of rotatable bonds is 17. The molecule has 0 unspecified atom stereocenters. The van der Waals surface area contributed by atoms with Gasteiger partial charge < -0.3 is 56.6 Å². The van der Waals surface area contributed by atoms with Crippen LogP contribution in [0.4, 0.5) is 0 Å². The van der Waals surface area contributed by atoms with E-state index in [1.54, 1.807) is 0 Å². The molecule has 332 valence electrons. The quantitative estimate of drug-likeness (QED) is 0.0832. The molecule has 7 N–H and O–H groups in total. The van der Waals surface area contributed by atoms with Crippen molar-refractivity contribution in [2.75, 3.05) is 70.9 Å². The van der Waals surface area contributed by atoms with E-state index < -0.39 is 103 Å². The molecule has 0 aromatic carbocycles. The van der Waals surface area contributed by atoms with Crippen molar-refractivity contribution in [2.45, 2.75) is 107 Å². The van der Waals surface area contributed by atoms with Gasteiger partial charge in [-0.15, -0.1) is 0 Å². The Bertz CT molecular complexity index is 1680. The van der Waals surface area contributed by atoms with Crippen LogP contribution in [0.25, 0.3) is 0 Å². The molecule has 0 aromatic rings. The SMILES string of the molecule is CSCC[C@H](NC(=O)CNC(=O)[C@@H]1CCCN1C(=O)[C@@H]1CCCN1C(=O)CN)C(=O)N1CCC[C@H]1C(=O)NCC(=O)N1CCC[C@H]1C(=O)N1CCC[C@H]1C(=O)NCC(=O)O. The van der Waals surface area contributed by atoms with E-state index in [0.29, 0.717) is 89.6 Å². The first kappa shape index (κ1) is 46.1. The van der Waals surface area contributed by atoms with Crippen LogP contribution in [0.1, 0.15) is 70.6 Å². The topological polar surface area (TPSA) is 281 Å². The minimum atomic E-state index is -1.21. The Morgan fingerprint density at radius 2 is 1.00 bits per heavy atom. The second kappa shape index (κ2) is 21.5. The number of carboxylic acid groups (broad SMARTS) is 1. The highest BCUT2D eigenvalue weighted by Crippen LogP contribution is 2.27. The lowest BCUT2D eigenvalue weighted by Gasteiger charge is -2.31. The smallest absolute Gasteiger partial charge is 0.322 e. The number of likely N-dealkylation sites (tertiary alicyclic amines) is 5. The van der Waals surface area contributed by atoms with Crippen molar-refractivity contribution in [2.24, 2.45) is 5.73 Å². The lowest BCUT2D eigenvalue weighted by atomic mass is 10.1. The predicted molar refractivity (Wildman–Crippen MR) is 214 cm³/mol. The molecule has 0 bridgehead atoms. The summed E-state index contributed by atoms with van der Waals surface area (Å²) in [5.41, 5.74) is 5.53. The Morgan fingerprint density at radius 3 is 1.48 bits per heavy atom. The molecular weight excluding hydrogens is 805 g/mol. The summed E-state index contributed by atoms with van der Waals surface area (Å²) in [6, 6.07) is -5.10. The highest BCUT2D eigenvalue weighted by atomic mass is 32.2. The van der Waals surface area contributed by atoms with Crippen LogP contribution in [-0.2, 0) is 47.9 Å². The van der Waals surface area contributed by atoms with Crippen molar-refractivity contribution in [3.05, 3.63) is 0 Å². The van der Waals surface area contributed by atoms with E-state index >= 15 is 0 Å². The molecule has 5 fully saturated rings. The minimum Gasteiger partial charge on any atom is -0.480 e. The van der Waals surface area contributed by atoms with E-state index in [4.69, 9.17) is 10.8 Å². The molecule has 9 amide bonds. The molecule has 5 aliphatic rings. The van der Waals surface area contributed by atoms with Gasteiger partial charge >= 0.3 is 5.97 Å². The summed E-state index contributed by atoms with van der Waals surface area (Å²) in [7, 11) is 0. The number of nitrogens with one attached hydrogen (secondary N) is 4. The van der Waals surface area contributed by atoms with Gasteiger partial charge in [0.15, 0.2) is 0 Å². The van der Waals surface area contributed by atoms with Gasteiger partial charge in [0.05, 0.1) is 19.6 Å². The molecule has 0 aliphatic carbocycles. The number of nitrogens with two attached hydrogens (primary N) is 1. The van der Waals surface area contributed by atoms with Crippen molar-refractivity contribution in [1.29, 1.82) is 0 Å². The van der Waals surface area contributed by atoms with Crippen LogP contribution in [0.5, 0.6) is 0 Å². The lowest BCUT2D eigenvalue weighted by molar-refractivity contribution is -0.147. The van der Waals surface area contributed by atoms with Gasteiger partial charge in [-0.3, -0.25) is 47.9 Å². The molecular formula is C38H58N10O11S. The number of carbonyl (C=O) groups excluding carboxylic acids is 9. The number of hydrogen-bond acceptors (Lipinski definition) is 12. The number of carboxylic acids is 1. The number of nitrogens with zero attached hydrogens (tertiary/aromatic N) is 5.